The second-order valence-electron chi connectivity index (χ2n) is 4.43. The summed E-state index contributed by atoms with van der Waals surface area (Å²) >= 11 is 0. The van der Waals surface area contributed by atoms with Crippen LogP contribution in [0.2, 0.25) is 0 Å². The molecule has 4 N–H and O–H groups in total. The minimum absolute atomic E-state index is 0.0313. The van der Waals surface area contributed by atoms with Gasteiger partial charge in [-0.1, -0.05) is 0 Å². The van der Waals surface area contributed by atoms with Crippen LogP contribution in [0.25, 0.3) is 0 Å². The van der Waals surface area contributed by atoms with Crippen molar-refractivity contribution in [3.63, 3.8) is 0 Å². The maximum atomic E-state index is 11.1. The molecule has 0 fully saturated rings. The fraction of sp³-hybridized carbons (Fsp3) is 0.636. The van der Waals surface area contributed by atoms with Crippen molar-refractivity contribution in [2.75, 3.05) is 13.1 Å². The van der Waals surface area contributed by atoms with Gasteiger partial charge in [0.15, 0.2) is 0 Å². The van der Waals surface area contributed by atoms with Gasteiger partial charge in [-0.2, -0.15) is 5.10 Å². The number of hydrogen-bond donors (Lipinski definition) is 2. The van der Waals surface area contributed by atoms with E-state index in [-0.39, 0.29) is 24.5 Å². The Morgan fingerprint density at radius 2 is 2.24 bits per heavy atom. The molecule has 0 aliphatic heterocycles. The third-order valence-electron chi connectivity index (χ3n) is 2.73. The molecule has 0 radical (unpaired) electrons. The van der Waals surface area contributed by atoms with Gasteiger partial charge >= 0.3 is 0 Å². The van der Waals surface area contributed by atoms with Crippen LogP contribution < -0.4 is 11.5 Å². The lowest BCUT2D eigenvalue weighted by Crippen LogP contribution is -2.43. The molecule has 1 atom stereocenters. The Labute approximate surface area is 102 Å². The van der Waals surface area contributed by atoms with Gasteiger partial charge in [-0.3, -0.25) is 14.4 Å². The van der Waals surface area contributed by atoms with Gasteiger partial charge in [0, 0.05) is 31.4 Å². The first-order valence-electron chi connectivity index (χ1n) is 5.68. The molecule has 1 rings (SSSR count). The first kappa shape index (κ1) is 13.7. The number of rotatable bonds is 6. The van der Waals surface area contributed by atoms with Crippen LogP contribution >= 0.6 is 0 Å². The molecule has 6 heteroatoms. The predicted molar refractivity (Wildman–Crippen MR) is 66.0 cm³/mol. The molecule has 1 aromatic heterocycles. The summed E-state index contributed by atoms with van der Waals surface area (Å²) in [6.45, 7) is 4.66. The number of nitrogens with zero attached hydrogens (tertiary/aromatic N) is 3. The smallest absolute Gasteiger partial charge is 0.231 e. The van der Waals surface area contributed by atoms with Crippen molar-refractivity contribution in [2.24, 2.45) is 18.5 Å². The minimum atomic E-state index is -0.346. The summed E-state index contributed by atoms with van der Waals surface area (Å²) in [6.07, 6.45) is 3.68. The summed E-state index contributed by atoms with van der Waals surface area (Å²) in [5.74, 6) is -0.346. The highest BCUT2D eigenvalue weighted by Gasteiger charge is 2.24. The number of carbonyl (C=O) groups excluding carboxylic acids is 1. The van der Waals surface area contributed by atoms with Crippen LogP contribution in [0.4, 0.5) is 0 Å². The van der Waals surface area contributed by atoms with Crippen molar-refractivity contribution < 1.29 is 4.79 Å². The Balaban J connectivity index is 2.92. The van der Waals surface area contributed by atoms with E-state index >= 15 is 0 Å². The van der Waals surface area contributed by atoms with E-state index in [4.69, 9.17) is 11.5 Å². The highest BCUT2D eigenvalue weighted by molar-refractivity contribution is 5.76. The van der Waals surface area contributed by atoms with E-state index < -0.39 is 0 Å². The van der Waals surface area contributed by atoms with Gasteiger partial charge in [-0.05, 0) is 13.8 Å². The van der Waals surface area contributed by atoms with Crippen molar-refractivity contribution in [3.8, 4) is 0 Å². The molecule has 96 valence electrons. The Morgan fingerprint density at radius 3 is 2.59 bits per heavy atom. The molecule has 0 aliphatic carbocycles. The number of primary amides is 1. The Morgan fingerprint density at radius 1 is 1.59 bits per heavy atom. The average molecular weight is 239 g/mol. The maximum Gasteiger partial charge on any atom is 0.231 e. The molecule has 1 heterocycles. The van der Waals surface area contributed by atoms with Gasteiger partial charge < -0.3 is 11.5 Å². The minimum Gasteiger partial charge on any atom is -0.369 e. The van der Waals surface area contributed by atoms with Gasteiger partial charge in [0.2, 0.25) is 5.91 Å². The zero-order valence-corrected chi connectivity index (χ0v) is 10.6. The van der Waals surface area contributed by atoms with Gasteiger partial charge in [-0.15, -0.1) is 0 Å². The molecule has 0 saturated carbocycles. The van der Waals surface area contributed by atoms with Gasteiger partial charge in [0.05, 0.1) is 18.8 Å². The molecule has 17 heavy (non-hydrogen) atoms. The van der Waals surface area contributed by atoms with Crippen molar-refractivity contribution in [1.29, 1.82) is 0 Å². The normalized spacial score (nSPS) is 13.3. The standard InChI is InChI=1S/C11H21N5O/c1-8(2)16(7-11(13)17)10(4-12)9-5-14-15(3)6-9/h5-6,8,10H,4,7,12H2,1-3H3,(H2,13,17). The molecule has 1 aromatic rings. The highest BCUT2D eigenvalue weighted by Crippen LogP contribution is 2.20. The molecule has 0 aliphatic rings. The first-order valence-corrected chi connectivity index (χ1v) is 5.68. The second-order valence-corrected chi connectivity index (χ2v) is 4.43. The molecule has 0 spiro atoms. The lowest BCUT2D eigenvalue weighted by molar-refractivity contribution is -0.120. The van der Waals surface area contributed by atoms with Gasteiger partial charge in [0.25, 0.3) is 0 Å². The fourth-order valence-corrected chi connectivity index (χ4v) is 1.91. The SMILES string of the molecule is CC(C)N(CC(N)=O)C(CN)c1cnn(C)c1. The third-order valence-corrected chi connectivity index (χ3v) is 2.73. The number of amides is 1. The zero-order valence-electron chi connectivity index (χ0n) is 10.6. The lowest BCUT2D eigenvalue weighted by atomic mass is 10.1. The van der Waals surface area contributed by atoms with Crippen molar-refractivity contribution in [3.05, 3.63) is 18.0 Å². The van der Waals surface area contributed by atoms with Crippen LogP contribution in [0.3, 0.4) is 0 Å². The van der Waals surface area contributed by atoms with Crippen molar-refractivity contribution >= 4 is 5.91 Å². The van der Waals surface area contributed by atoms with E-state index in [9.17, 15) is 4.79 Å². The second kappa shape index (κ2) is 5.79. The topological polar surface area (TPSA) is 90.2 Å². The highest BCUT2D eigenvalue weighted by atomic mass is 16.1. The maximum absolute atomic E-state index is 11.1. The van der Waals surface area contributed by atoms with E-state index in [0.717, 1.165) is 5.56 Å². The van der Waals surface area contributed by atoms with Crippen molar-refractivity contribution in [2.45, 2.75) is 25.9 Å². The molecule has 1 amide bonds. The summed E-state index contributed by atoms with van der Waals surface area (Å²) in [5, 5.41) is 4.12. The van der Waals surface area contributed by atoms with Crippen molar-refractivity contribution in [1.82, 2.24) is 14.7 Å². The van der Waals surface area contributed by atoms with Crippen LogP contribution in [-0.2, 0) is 11.8 Å². The summed E-state index contributed by atoms with van der Waals surface area (Å²) in [4.78, 5) is 13.1. The number of aryl methyl sites for hydroxylation is 1. The summed E-state index contributed by atoms with van der Waals surface area (Å²) in [7, 11) is 1.85. The summed E-state index contributed by atoms with van der Waals surface area (Å²) < 4.78 is 1.72. The number of carbonyl (C=O) groups is 1. The molecule has 0 bridgehead atoms. The zero-order chi connectivity index (χ0) is 13.0. The van der Waals surface area contributed by atoms with E-state index in [1.165, 1.54) is 0 Å². The van der Waals surface area contributed by atoms with Crippen LogP contribution in [0.1, 0.15) is 25.5 Å². The van der Waals surface area contributed by atoms with E-state index in [1.54, 1.807) is 10.9 Å². The Bertz CT molecular complexity index is 374. The number of hydrogen-bond acceptors (Lipinski definition) is 4. The average Bonchev–Trinajstić information content (AvgIpc) is 2.64. The van der Waals surface area contributed by atoms with Crippen LogP contribution in [-0.4, -0.2) is 39.7 Å². The Hall–Kier alpha value is -1.40. The van der Waals surface area contributed by atoms with Gasteiger partial charge in [0.1, 0.15) is 0 Å². The van der Waals surface area contributed by atoms with Crippen LogP contribution in [0.15, 0.2) is 12.4 Å². The van der Waals surface area contributed by atoms with Crippen LogP contribution in [0.5, 0.6) is 0 Å². The molecule has 0 saturated heterocycles. The quantitative estimate of drug-likeness (QED) is 0.707. The molecule has 1 unspecified atom stereocenters. The van der Waals surface area contributed by atoms with Crippen LogP contribution in [0, 0.1) is 0 Å². The number of aromatic nitrogens is 2. The Kier molecular flexibility index (Phi) is 4.65. The molecular weight excluding hydrogens is 218 g/mol. The monoisotopic (exact) mass is 239 g/mol. The molecular formula is C11H21N5O. The fourth-order valence-electron chi connectivity index (χ4n) is 1.91. The largest absolute Gasteiger partial charge is 0.369 e. The lowest BCUT2D eigenvalue weighted by Gasteiger charge is -2.32. The molecule has 6 nitrogen and oxygen atoms in total. The molecule has 0 aromatic carbocycles. The first-order chi connectivity index (χ1) is 7.95. The van der Waals surface area contributed by atoms with Gasteiger partial charge in [-0.25, -0.2) is 0 Å². The van der Waals surface area contributed by atoms with E-state index in [1.807, 2.05) is 32.0 Å². The third kappa shape index (κ3) is 3.54. The number of nitrogens with two attached hydrogens (primary N) is 2. The summed E-state index contributed by atoms with van der Waals surface area (Å²) in [6, 6.07) is 0.160. The van der Waals surface area contributed by atoms with E-state index in [0.29, 0.717) is 6.54 Å². The predicted octanol–water partition coefficient (Wildman–Crippen LogP) is -0.384. The van der Waals surface area contributed by atoms with E-state index in [2.05, 4.69) is 5.10 Å². The summed E-state index contributed by atoms with van der Waals surface area (Å²) in [5.41, 5.74) is 12.1.